The number of hydrogen-bond acceptors (Lipinski definition) is 3. The number of rotatable bonds is 3. The van der Waals surface area contributed by atoms with Crippen LogP contribution in [0.25, 0.3) is 6.20 Å². The smallest absolute Gasteiger partial charge is 0.243 e. The molecule has 0 unspecified atom stereocenters. The van der Waals surface area contributed by atoms with Gasteiger partial charge in [0, 0.05) is 24.2 Å². The minimum absolute atomic E-state index is 0.398. The van der Waals surface area contributed by atoms with E-state index in [-0.39, 0.29) is 0 Å². The van der Waals surface area contributed by atoms with Crippen molar-refractivity contribution < 1.29 is 9.59 Å². The van der Waals surface area contributed by atoms with E-state index in [0.29, 0.717) is 5.57 Å². The zero-order chi connectivity index (χ0) is 14.6. The summed E-state index contributed by atoms with van der Waals surface area (Å²) >= 11 is 0. The van der Waals surface area contributed by atoms with Crippen LogP contribution in [-0.2, 0) is 9.59 Å². The molecule has 1 aromatic heterocycles. The highest BCUT2D eigenvalue weighted by atomic mass is 16.1. The summed E-state index contributed by atoms with van der Waals surface area (Å²) in [6, 6.07) is 0. The third kappa shape index (κ3) is 13.4. The third-order valence-electron chi connectivity index (χ3n) is 1.36. The molecule has 6 nitrogen and oxygen atoms in total. The minimum atomic E-state index is -0.481. The number of nitrogens with two attached hydrogens (primary N) is 2. The molecule has 0 fully saturated rings. The minimum Gasteiger partial charge on any atom is -0.366 e. The zero-order valence-electron chi connectivity index (χ0n) is 10.4. The van der Waals surface area contributed by atoms with Gasteiger partial charge >= 0.3 is 0 Å². The van der Waals surface area contributed by atoms with Gasteiger partial charge in [-0.3, -0.25) is 9.59 Å². The van der Waals surface area contributed by atoms with E-state index in [9.17, 15) is 9.59 Å². The quantitative estimate of drug-likeness (QED) is 0.771. The second kappa shape index (κ2) is 10.9. The Morgan fingerprint density at radius 1 is 1.33 bits per heavy atom. The van der Waals surface area contributed by atoms with E-state index in [1.54, 1.807) is 30.2 Å². The zero-order valence-corrected chi connectivity index (χ0v) is 10.4. The lowest BCUT2D eigenvalue weighted by atomic mass is 10.3. The van der Waals surface area contributed by atoms with Crippen LogP contribution in [0.1, 0.15) is 6.92 Å². The van der Waals surface area contributed by atoms with Crippen LogP contribution in [-0.4, -0.2) is 21.4 Å². The number of carbonyl (C=O) groups excluding carboxylic acids is 2. The van der Waals surface area contributed by atoms with Gasteiger partial charge in [-0.1, -0.05) is 19.7 Å². The van der Waals surface area contributed by atoms with Crippen molar-refractivity contribution in [3.8, 4) is 0 Å². The second-order valence-electron chi connectivity index (χ2n) is 2.94. The molecule has 0 aliphatic rings. The predicted molar refractivity (Wildman–Crippen MR) is 72.0 cm³/mol. The molecule has 0 radical (unpaired) electrons. The van der Waals surface area contributed by atoms with Crippen LogP contribution in [0.3, 0.4) is 0 Å². The highest BCUT2D eigenvalue weighted by Crippen LogP contribution is 1.81. The summed E-state index contributed by atoms with van der Waals surface area (Å²) in [5.74, 6) is -0.917. The van der Waals surface area contributed by atoms with Crippen LogP contribution < -0.4 is 11.5 Å². The highest BCUT2D eigenvalue weighted by Gasteiger charge is 1.86. The molecule has 4 N–H and O–H groups in total. The Morgan fingerprint density at radius 3 is 1.89 bits per heavy atom. The molecule has 0 bridgehead atoms. The van der Waals surface area contributed by atoms with E-state index < -0.39 is 11.8 Å². The Balaban J connectivity index is 0. The molecular weight excluding hydrogens is 232 g/mol. The summed E-state index contributed by atoms with van der Waals surface area (Å²) in [7, 11) is 0. The first kappa shape index (κ1) is 17.8. The monoisotopic (exact) mass is 250 g/mol. The van der Waals surface area contributed by atoms with Crippen LogP contribution in [0.2, 0.25) is 0 Å². The average Bonchev–Trinajstić information content (AvgIpc) is 2.83. The molecule has 98 valence electrons. The summed E-state index contributed by atoms with van der Waals surface area (Å²) in [6.45, 7) is 11.5. The van der Waals surface area contributed by atoms with Crippen LogP contribution in [0.5, 0.6) is 0 Å². The lowest BCUT2D eigenvalue weighted by Gasteiger charge is -1.81. The van der Waals surface area contributed by atoms with Gasteiger partial charge in [0.15, 0.2) is 0 Å². The molecule has 2 amide bonds. The number of primary amides is 2. The highest BCUT2D eigenvalue weighted by molar-refractivity contribution is 5.90. The van der Waals surface area contributed by atoms with Crippen molar-refractivity contribution in [3.63, 3.8) is 0 Å². The molecule has 1 heterocycles. The van der Waals surface area contributed by atoms with E-state index in [1.807, 2.05) is 6.20 Å². The fraction of sp³-hybridized carbons (Fsp3) is 0.0833. The Bertz CT molecular complexity index is 396. The summed E-state index contributed by atoms with van der Waals surface area (Å²) in [5, 5.41) is 0. The SMILES string of the molecule is C=C(C)C(N)=O.C=CC(N)=O.C=Cn1ccnc1. The van der Waals surface area contributed by atoms with Gasteiger partial charge in [0.25, 0.3) is 0 Å². The van der Waals surface area contributed by atoms with Crippen LogP contribution in [0.4, 0.5) is 0 Å². The normalized spacial score (nSPS) is 7.61. The molecule has 0 aromatic carbocycles. The number of aromatic nitrogens is 2. The van der Waals surface area contributed by atoms with Gasteiger partial charge in [-0.2, -0.15) is 0 Å². The first-order chi connectivity index (χ1) is 8.34. The van der Waals surface area contributed by atoms with Gasteiger partial charge in [0.05, 0.1) is 6.33 Å². The van der Waals surface area contributed by atoms with Gasteiger partial charge in [-0.05, 0) is 13.0 Å². The van der Waals surface area contributed by atoms with E-state index in [2.05, 4.69) is 30.5 Å². The maximum Gasteiger partial charge on any atom is 0.243 e. The fourth-order valence-corrected chi connectivity index (χ4v) is 0.377. The van der Waals surface area contributed by atoms with Crippen molar-refractivity contribution in [1.82, 2.24) is 9.55 Å². The Labute approximate surface area is 106 Å². The van der Waals surface area contributed by atoms with Gasteiger partial charge in [-0.15, -0.1) is 0 Å². The van der Waals surface area contributed by atoms with Crippen molar-refractivity contribution in [3.05, 3.63) is 50.1 Å². The van der Waals surface area contributed by atoms with Crippen LogP contribution >= 0.6 is 0 Å². The lowest BCUT2D eigenvalue weighted by Crippen LogP contribution is -2.10. The largest absolute Gasteiger partial charge is 0.366 e. The first-order valence-electron chi connectivity index (χ1n) is 4.82. The van der Waals surface area contributed by atoms with Gasteiger partial charge in [0.2, 0.25) is 11.8 Å². The lowest BCUT2D eigenvalue weighted by molar-refractivity contribution is -0.115. The van der Waals surface area contributed by atoms with Crippen molar-refractivity contribution in [1.29, 1.82) is 0 Å². The first-order valence-corrected chi connectivity index (χ1v) is 4.82. The molecule has 0 atom stereocenters. The number of carbonyl (C=O) groups is 2. The molecule has 6 heteroatoms. The fourth-order valence-electron chi connectivity index (χ4n) is 0.377. The average molecular weight is 250 g/mol. The van der Waals surface area contributed by atoms with Crippen molar-refractivity contribution in [2.24, 2.45) is 11.5 Å². The van der Waals surface area contributed by atoms with Crippen molar-refractivity contribution in [2.45, 2.75) is 6.92 Å². The molecule has 18 heavy (non-hydrogen) atoms. The molecule has 1 rings (SSSR count). The van der Waals surface area contributed by atoms with Crippen molar-refractivity contribution in [2.75, 3.05) is 0 Å². The Morgan fingerprint density at radius 2 is 1.78 bits per heavy atom. The maximum absolute atomic E-state index is 9.82. The molecular formula is C12H18N4O2. The number of imidazole rings is 1. The topological polar surface area (TPSA) is 104 Å². The van der Waals surface area contributed by atoms with E-state index in [4.69, 9.17) is 5.73 Å². The van der Waals surface area contributed by atoms with E-state index >= 15 is 0 Å². The van der Waals surface area contributed by atoms with E-state index in [0.717, 1.165) is 6.08 Å². The standard InChI is InChI=1S/C5H6N2.C4H7NO.C3H5NO/c1-2-7-4-3-6-5-7;1-3(2)4(5)6;1-2-3(4)5/h2-5H,1H2;1H2,2H3,(H2,5,6);2H,1H2,(H2,4,5). The number of nitrogens with zero attached hydrogens (tertiary/aromatic N) is 2. The van der Waals surface area contributed by atoms with Gasteiger partial charge in [-0.25, -0.2) is 4.98 Å². The summed E-state index contributed by atoms with van der Waals surface area (Å²) < 4.78 is 1.78. The van der Waals surface area contributed by atoms with Crippen molar-refractivity contribution >= 4 is 18.0 Å². The Hall–Kier alpha value is -2.63. The summed E-state index contributed by atoms with van der Waals surface area (Å²) in [6.07, 6.45) is 7.97. The molecule has 0 saturated carbocycles. The molecule has 0 aliphatic carbocycles. The number of amides is 2. The maximum atomic E-state index is 9.82. The predicted octanol–water partition coefficient (Wildman–Crippen LogP) is 0.689. The van der Waals surface area contributed by atoms with Gasteiger partial charge < -0.3 is 16.0 Å². The third-order valence-corrected chi connectivity index (χ3v) is 1.36. The Kier molecular flexibility index (Phi) is 10.7. The van der Waals surface area contributed by atoms with E-state index in [1.165, 1.54) is 0 Å². The van der Waals surface area contributed by atoms with Crippen LogP contribution in [0, 0.1) is 0 Å². The molecule has 0 spiro atoms. The summed E-state index contributed by atoms with van der Waals surface area (Å²) in [5.41, 5.74) is 9.63. The summed E-state index contributed by atoms with van der Waals surface area (Å²) in [4.78, 5) is 23.1. The number of hydrogen-bond donors (Lipinski definition) is 2. The van der Waals surface area contributed by atoms with Crippen LogP contribution in [0.15, 0.2) is 50.1 Å². The molecule has 0 aliphatic heterocycles. The van der Waals surface area contributed by atoms with Gasteiger partial charge in [0.1, 0.15) is 0 Å². The molecule has 1 aromatic rings. The molecule has 0 saturated heterocycles. The second-order valence-corrected chi connectivity index (χ2v) is 2.94.